The van der Waals surface area contributed by atoms with Crippen molar-refractivity contribution in [2.45, 2.75) is 19.9 Å². The molecule has 5 heteroatoms. The molecule has 0 atom stereocenters. The van der Waals surface area contributed by atoms with Crippen LogP contribution in [-0.2, 0) is 11.3 Å². The monoisotopic (exact) mass is 286 g/mol. The Bertz CT molecular complexity index is 385. The molecule has 4 nitrogen and oxygen atoms in total. The quantitative estimate of drug-likeness (QED) is 0.834. The lowest BCUT2D eigenvalue weighted by Gasteiger charge is -2.19. The van der Waals surface area contributed by atoms with Crippen molar-refractivity contribution >= 4 is 18.3 Å². The van der Waals surface area contributed by atoms with Crippen LogP contribution in [0.25, 0.3) is 0 Å². The summed E-state index contributed by atoms with van der Waals surface area (Å²) in [6.07, 6.45) is 0.518. The number of rotatable bonds is 7. The fourth-order valence-electron chi connectivity index (χ4n) is 1.70. The molecule has 0 aromatic heterocycles. The largest absolute Gasteiger partial charge is 0.494 e. The average molecular weight is 287 g/mol. The van der Waals surface area contributed by atoms with Crippen LogP contribution >= 0.6 is 12.4 Å². The molecule has 0 aliphatic rings. The highest BCUT2D eigenvalue weighted by atomic mass is 35.5. The second kappa shape index (κ2) is 9.64. The van der Waals surface area contributed by atoms with Crippen molar-refractivity contribution in [3.05, 3.63) is 29.8 Å². The average Bonchev–Trinajstić information content (AvgIpc) is 2.38. The summed E-state index contributed by atoms with van der Waals surface area (Å²) in [7, 11) is 3.67. The summed E-state index contributed by atoms with van der Waals surface area (Å²) in [5.74, 6) is 0.990. The molecule has 0 saturated carbocycles. The molecule has 1 aromatic carbocycles. The SMILES string of the molecule is CCOc1ccccc1CN(C)C(=O)CCNC.Cl. The Morgan fingerprint density at radius 3 is 2.68 bits per heavy atom. The lowest BCUT2D eigenvalue weighted by molar-refractivity contribution is -0.130. The molecule has 0 saturated heterocycles. The Labute approximate surface area is 121 Å². The molecule has 1 aromatic rings. The third-order valence-corrected chi connectivity index (χ3v) is 2.69. The number of amides is 1. The van der Waals surface area contributed by atoms with Crippen LogP contribution < -0.4 is 10.1 Å². The van der Waals surface area contributed by atoms with Gasteiger partial charge in [0.25, 0.3) is 0 Å². The topological polar surface area (TPSA) is 41.6 Å². The lowest BCUT2D eigenvalue weighted by atomic mass is 10.2. The van der Waals surface area contributed by atoms with E-state index in [1.807, 2.05) is 45.3 Å². The van der Waals surface area contributed by atoms with Crippen LogP contribution in [0, 0.1) is 0 Å². The number of hydrogen-bond donors (Lipinski definition) is 1. The van der Waals surface area contributed by atoms with Gasteiger partial charge in [-0.1, -0.05) is 18.2 Å². The maximum absolute atomic E-state index is 11.8. The van der Waals surface area contributed by atoms with E-state index >= 15 is 0 Å². The highest BCUT2D eigenvalue weighted by Gasteiger charge is 2.11. The van der Waals surface area contributed by atoms with Crippen molar-refractivity contribution in [3.8, 4) is 5.75 Å². The van der Waals surface area contributed by atoms with E-state index in [1.54, 1.807) is 4.90 Å². The smallest absolute Gasteiger partial charge is 0.223 e. The number of nitrogens with one attached hydrogen (secondary N) is 1. The first-order valence-corrected chi connectivity index (χ1v) is 6.28. The molecular formula is C14H23ClN2O2. The second-order valence-corrected chi connectivity index (χ2v) is 4.14. The molecule has 19 heavy (non-hydrogen) atoms. The van der Waals surface area contributed by atoms with Gasteiger partial charge in [-0.05, 0) is 20.0 Å². The number of carbonyl (C=O) groups is 1. The van der Waals surface area contributed by atoms with E-state index in [9.17, 15) is 4.79 Å². The summed E-state index contributed by atoms with van der Waals surface area (Å²) in [6, 6.07) is 7.83. The summed E-state index contributed by atoms with van der Waals surface area (Å²) >= 11 is 0. The van der Waals surface area contributed by atoms with Gasteiger partial charge in [0.15, 0.2) is 0 Å². The number of para-hydroxylation sites is 1. The van der Waals surface area contributed by atoms with Crippen molar-refractivity contribution in [1.29, 1.82) is 0 Å². The fraction of sp³-hybridized carbons (Fsp3) is 0.500. The second-order valence-electron chi connectivity index (χ2n) is 4.14. The molecule has 0 unspecified atom stereocenters. The Morgan fingerprint density at radius 1 is 1.37 bits per heavy atom. The van der Waals surface area contributed by atoms with Crippen LogP contribution in [0.4, 0.5) is 0 Å². The molecule has 0 radical (unpaired) electrons. The van der Waals surface area contributed by atoms with Gasteiger partial charge in [0.05, 0.1) is 6.61 Å². The third kappa shape index (κ3) is 5.94. The third-order valence-electron chi connectivity index (χ3n) is 2.69. The van der Waals surface area contributed by atoms with Crippen molar-refractivity contribution in [2.24, 2.45) is 0 Å². The van der Waals surface area contributed by atoms with E-state index in [0.717, 1.165) is 11.3 Å². The molecule has 1 amide bonds. The van der Waals surface area contributed by atoms with E-state index in [2.05, 4.69) is 5.32 Å². The minimum atomic E-state index is 0. The molecule has 1 N–H and O–H groups in total. The molecule has 0 spiro atoms. The minimum Gasteiger partial charge on any atom is -0.494 e. The summed E-state index contributed by atoms with van der Waals surface area (Å²) in [5.41, 5.74) is 1.04. The molecule has 0 heterocycles. The summed E-state index contributed by atoms with van der Waals surface area (Å²) in [4.78, 5) is 13.6. The van der Waals surface area contributed by atoms with E-state index in [4.69, 9.17) is 4.74 Å². The Morgan fingerprint density at radius 2 is 2.05 bits per heavy atom. The van der Waals surface area contributed by atoms with Crippen molar-refractivity contribution in [3.63, 3.8) is 0 Å². The first kappa shape index (κ1) is 17.7. The Kier molecular flexibility index (Phi) is 9.00. The van der Waals surface area contributed by atoms with Crippen LogP contribution in [0.2, 0.25) is 0 Å². The zero-order valence-electron chi connectivity index (χ0n) is 11.8. The maximum atomic E-state index is 11.8. The van der Waals surface area contributed by atoms with Crippen molar-refractivity contribution < 1.29 is 9.53 Å². The van der Waals surface area contributed by atoms with Crippen molar-refractivity contribution in [2.75, 3.05) is 27.2 Å². The number of hydrogen-bond acceptors (Lipinski definition) is 3. The molecule has 0 aliphatic heterocycles. The summed E-state index contributed by atoms with van der Waals surface area (Å²) in [6.45, 7) is 3.88. The Balaban J connectivity index is 0.00000324. The molecule has 108 valence electrons. The van der Waals surface area contributed by atoms with E-state index < -0.39 is 0 Å². The zero-order valence-corrected chi connectivity index (χ0v) is 12.6. The van der Waals surface area contributed by atoms with Crippen LogP contribution in [0.1, 0.15) is 18.9 Å². The van der Waals surface area contributed by atoms with Crippen LogP contribution in [0.5, 0.6) is 5.75 Å². The summed E-state index contributed by atoms with van der Waals surface area (Å²) in [5, 5.41) is 2.98. The standard InChI is InChI=1S/C14H22N2O2.ClH/c1-4-18-13-8-6-5-7-12(13)11-16(3)14(17)9-10-15-2;/h5-8,15H,4,9-11H2,1-3H3;1H. The zero-order chi connectivity index (χ0) is 13.4. The molecule has 0 fully saturated rings. The first-order valence-electron chi connectivity index (χ1n) is 6.28. The van der Waals surface area contributed by atoms with E-state index in [-0.39, 0.29) is 18.3 Å². The fourth-order valence-corrected chi connectivity index (χ4v) is 1.70. The van der Waals surface area contributed by atoms with Gasteiger partial charge in [-0.3, -0.25) is 4.79 Å². The van der Waals surface area contributed by atoms with Crippen LogP contribution in [0.15, 0.2) is 24.3 Å². The van der Waals surface area contributed by atoms with Crippen molar-refractivity contribution in [1.82, 2.24) is 10.2 Å². The number of halogens is 1. The molecular weight excluding hydrogens is 264 g/mol. The van der Waals surface area contributed by atoms with Gasteiger partial charge in [-0.2, -0.15) is 0 Å². The van der Waals surface area contributed by atoms with Crippen LogP contribution in [-0.4, -0.2) is 38.1 Å². The molecule has 0 bridgehead atoms. The summed E-state index contributed by atoms with van der Waals surface area (Å²) < 4.78 is 5.55. The van der Waals surface area contributed by atoms with Gasteiger partial charge in [-0.25, -0.2) is 0 Å². The predicted molar refractivity (Wildman–Crippen MR) is 79.9 cm³/mol. The van der Waals surface area contributed by atoms with E-state index in [0.29, 0.717) is 26.1 Å². The van der Waals surface area contributed by atoms with Gasteiger partial charge in [0.2, 0.25) is 5.91 Å². The highest BCUT2D eigenvalue weighted by molar-refractivity contribution is 5.85. The first-order chi connectivity index (χ1) is 8.69. The minimum absolute atomic E-state index is 0. The van der Waals surface area contributed by atoms with Gasteiger partial charge in [-0.15, -0.1) is 12.4 Å². The van der Waals surface area contributed by atoms with Gasteiger partial charge >= 0.3 is 0 Å². The maximum Gasteiger partial charge on any atom is 0.223 e. The molecule has 1 rings (SSSR count). The van der Waals surface area contributed by atoms with Crippen LogP contribution in [0.3, 0.4) is 0 Å². The molecule has 0 aliphatic carbocycles. The Hall–Kier alpha value is -1.26. The predicted octanol–water partition coefficient (Wildman–Crippen LogP) is 2.08. The number of ether oxygens (including phenoxy) is 1. The van der Waals surface area contributed by atoms with Gasteiger partial charge in [0.1, 0.15) is 5.75 Å². The number of carbonyl (C=O) groups excluding carboxylic acids is 1. The van der Waals surface area contributed by atoms with E-state index in [1.165, 1.54) is 0 Å². The highest BCUT2D eigenvalue weighted by Crippen LogP contribution is 2.19. The van der Waals surface area contributed by atoms with Gasteiger partial charge < -0.3 is 15.0 Å². The number of nitrogens with zero attached hydrogens (tertiary/aromatic N) is 1. The normalized spacial score (nSPS) is 9.63. The lowest BCUT2D eigenvalue weighted by Crippen LogP contribution is -2.28. The number of benzene rings is 1. The van der Waals surface area contributed by atoms with Gasteiger partial charge in [0, 0.05) is 32.1 Å².